The lowest BCUT2D eigenvalue weighted by molar-refractivity contribution is 0.189. The van der Waals surface area contributed by atoms with Crippen LogP contribution >= 0.6 is 0 Å². The highest BCUT2D eigenvalue weighted by Gasteiger charge is 2.33. The molecule has 1 fully saturated rings. The van der Waals surface area contributed by atoms with E-state index >= 15 is 0 Å². The molecule has 1 aliphatic heterocycles. The van der Waals surface area contributed by atoms with Gasteiger partial charge in [0.25, 0.3) is 0 Å². The molecule has 2 nitrogen and oxygen atoms in total. The maximum atomic E-state index is 9.25. The maximum absolute atomic E-state index is 9.25. The van der Waals surface area contributed by atoms with Crippen molar-refractivity contribution >= 4 is 0 Å². The van der Waals surface area contributed by atoms with Crippen LogP contribution in [-0.4, -0.2) is 23.8 Å². The highest BCUT2D eigenvalue weighted by atomic mass is 16.3. The number of benzene rings is 1. The zero-order chi connectivity index (χ0) is 10.7. The lowest BCUT2D eigenvalue weighted by atomic mass is 9.91. The summed E-state index contributed by atoms with van der Waals surface area (Å²) < 4.78 is 0. The summed E-state index contributed by atoms with van der Waals surface area (Å²) in [6.45, 7) is 3.35. The Kier molecular flexibility index (Phi) is 3.08. The molecular weight excluding hydrogens is 186 g/mol. The third-order valence-electron chi connectivity index (χ3n) is 3.27. The fourth-order valence-electron chi connectivity index (χ4n) is 2.38. The smallest absolute Gasteiger partial charge is 0.0610 e. The topological polar surface area (TPSA) is 32.3 Å². The molecule has 0 saturated carbocycles. The fraction of sp³-hybridized carbons (Fsp3) is 0.538. The summed E-state index contributed by atoms with van der Waals surface area (Å²) in [6, 6.07) is 10.6. The van der Waals surface area contributed by atoms with Gasteiger partial charge in [0.15, 0.2) is 0 Å². The molecule has 1 aromatic rings. The summed E-state index contributed by atoms with van der Waals surface area (Å²) in [5.41, 5.74) is 1.34. The second-order valence-corrected chi connectivity index (χ2v) is 4.86. The first-order valence-corrected chi connectivity index (χ1v) is 5.62. The van der Waals surface area contributed by atoms with Crippen LogP contribution in [0.5, 0.6) is 0 Å². The molecule has 0 bridgehead atoms. The SMILES string of the molecule is CC1(CO)CC(Cc2ccccc2)CN1. The Morgan fingerprint density at radius 1 is 1.40 bits per heavy atom. The standard InChI is InChI=1S/C13H19NO/c1-13(10-15)8-12(9-14-13)7-11-5-3-2-4-6-11/h2-6,12,14-15H,7-10H2,1H3. The summed E-state index contributed by atoms with van der Waals surface area (Å²) >= 11 is 0. The third kappa shape index (κ3) is 2.58. The van der Waals surface area contributed by atoms with Crippen molar-refractivity contribution in [2.45, 2.75) is 25.3 Å². The maximum Gasteiger partial charge on any atom is 0.0610 e. The summed E-state index contributed by atoms with van der Waals surface area (Å²) in [5, 5.41) is 12.6. The molecule has 2 N–H and O–H groups in total. The summed E-state index contributed by atoms with van der Waals surface area (Å²) in [5.74, 6) is 0.657. The minimum Gasteiger partial charge on any atom is -0.394 e. The van der Waals surface area contributed by atoms with E-state index in [0.717, 1.165) is 19.4 Å². The van der Waals surface area contributed by atoms with Gasteiger partial charge in [-0.3, -0.25) is 0 Å². The van der Waals surface area contributed by atoms with Crippen molar-refractivity contribution in [3.8, 4) is 0 Å². The molecule has 2 rings (SSSR count). The number of hydrogen-bond acceptors (Lipinski definition) is 2. The van der Waals surface area contributed by atoms with Gasteiger partial charge in [-0.1, -0.05) is 30.3 Å². The average molecular weight is 205 g/mol. The van der Waals surface area contributed by atoms with Crippen LogP contribution in [0.15, 0.2) is 30.3 Å². The molecular formula is C13H19NO. The Morgan fingerprint density at radius 2 is 2.13 bits per heavy atom. The molecule has 2 atom stereocenters. The molecule has 2 heteroatoms. The van der Waals surface area contributed by atoms with Crippen LogP contribution in [0.25, 0.3) is 0 Å². The average Bonchev–Trinajstić information content (AvgIpc) is 2.63. The van der Waals surface area contributed by atoms with Crippen LogP contribution in [0.3, 0.4) is 0 Å². The second-order valence-electron chi connectivity index (χ2n) is 4.86. The van der Waals surface area contributed by atoms with Crippen LogP contribution in [0.1, 0.15) is 18.9 Å². The first-order chi connectivity index (χ1) is 7.22. The van der Waals surface area contributed by atoms with Gasteiger partial charge in [-0.2, -0.15) is 0 Å². The first-order valence-electron chi connectivity index (χ1n) is 5.62. The van der Waals surface area contributed by atoms with Crippen LogP contribution < -0.4 is 5.32 Å². The van der Waals surface area contributed by atoms with Crippen molar-refractivity contribution in [1.29, 1.82) is 0 Å². The van der Waals surface area contributed by atoms with Gasteiger partial charge in [0, 0.05) is 5.54 Å². The van der Waals surface area contributed by atoms with Gasteiger partial charge in [-0.15, -0.1) is 0 Å². The Hall–Kier alpha value is -0.860. The van der Waals surface area contributed by atoms with E-state index in [1.807, 2.05) is 6.07 Å². The Balaban J connectivity index is 1.93. The highest BCUT2D eigenvalue weighted by molar-refractivity contribution is 5.16. The fourth-order valence-corrected chi connectivity index (χ4v) is 2.38. The molecule has 0 spiro atoms. The van der Waals surface area contributed by atoms with Crippen LogP contribution in [-0.2, 0) is 6.42 Å². The summed E-state index contributed by atoms with van der Waals surface area (Å²) in [6.07, 6.45) is 2.18. The molecule has 1 saturated heterocycles. The van der Waals surface area contributed by atoms with E-state index in [1.165, 1.54) is 5.56 Å². The van der Waals surface area contributed by atoms with Crippen molar-refractivity contribution in [3.63, 3.8) is 0 Å². The monoisotopic (exact) mass is 205 g/mol. The van der Waals surface area contributed by atoms with E-state index in [9.17, 15) is 5.11 Å². The molecule has 0 aromatic heterocycles. The number of rotatable bonds is 3. The predicted molar refractivity (Wildman–Crippen MR) is 61.7 cm³/mol. The van der Waals surface area contributed by atoms with Gasteiger partial charge in [-0.05, 0) is 37.8 Å². The highest BCUT2D eigenvalue weighted by Crippen LogP contribution is 2.26. The van der Waals surface area contributed by atoms with Crippen molar-refractivity contribution < 1.29 is 5.11 Å². The Bertz CT molecular complexity index is 312. The van der Waals surface area contributed by atoms with Crippen molar-refractivity contribution in [2.75, 3.05) is 13.2 Å². The van der Waals surface area contributed by atoms with Crippen molar-refractivity contribution in [2.24, 2.45) is 5.92 Å². The van der Waals surface area contributed by atoms with Crippen LogP contribution in [0, 0.1) is 5.92 Å². The minimum atomic E-state index is -0.0561. The van der Waals surface area contributed by atoms with Gasteiger partial charge in [-0.25, -0.2) is 0 Å². The van der Waals surface area contributed by atoms with Gasteiger partial charge in [0.1, 0.15) is 0 Å². The summed E-state index contributed by atoms with van der Waals surface area (Å²) in [4.78, 5) is 0. The van der Waals surface area contributed by atoms with E-state index < -0.39 is 0 Å². The van der Waals surface area contributed by atoms with Gasteiger partial charge < -0.3 is 10.4 Å². The molecule has 0 amide bonds. The van der Waals surface area contributed by atoms with Gasteiger partial charge >= 0.3 is 0 Å². The molecule has 0 radical (unpaired) electrons. The Labute approximate surface area is 91.3 Å². The normalized spacial score (nSPS) is 30.7. The first kappa shape index (κ1) is 10.7. The van der Waals surface area contributed by atoms with E-state index in [4.69, 9.17) is 0 Å². The van der Waals surface area contributed by atoms with E-state index in [1.54, 1.807) is 0 Å². The van der Waals surface area contributed by atoms with E-state index in [-0.39, 0.29) is 12.1 Å². The zero-order valence-electron chi connectivity index (χ0n) is 9.24. The zero-order valence-corrected chi connectivity index (χ0v) is 9.24. The number of hydrogen-bond donors (Lipinski definition) is 2. The van der Waals surface area contributed by atoms with E-state index in [2.05, 4.69) is 36.5 Å². The van der Waals surface area contributed by atoms with E-state index in [0.29, 0.717) is 5.92 Å². The molecule has 0 aliphatic carbocycles. The number of nitrogens with one attached hydrogen (secondary N) is 1. The molecule has 82 valence electrons. The van der Waals surface area contributed by atoms with Crippen molar-refractivity contribution in [3.05, 3.63) is 35.9 Å². The molecule has 1 heterocycles. The lowest BCUT2D eigenvalue weighted by Crippen LogP contribution is -2.39. The second kappa shape index (κ2) is 4.33. The number of aliphatic hydroxyl groups is 1. The quantitative estimate of drug-likeness (QED) is 0.785. The number of aliphatic hydroxyl groups excluding tert-OH is 1. The molecule has 15 heavy (non-hydrogen) atoms. The van der Waals surface area contributed by atoms with Gasteiger partial charge in [0.2, 0.25) is 0 Å². The van der Waals surface area contributed by atoms with Crippen LogP contribution in [0.2, 0.25) is 0 Å². The van der Waals surface area contributed by atoms with Gasteiger partial charge in [0.05, 0.1) is 6.61 Å². The molecule has 1 aliphatic rings. The van der Waals surface area contributed by atoms with Crippen molar-refractivity contribution in [1.82, 2.24) is 5.32 Å². The summed E-state index contributed by atoms with van der Waals surface area (Å²) in [7, 11) is 0. The molecule has 1 aromatic carbocycles. The predicted octanol–water partition coefficient (Wildman–Crippen LogP) is 1.59. The molecule has 2 unspecified atom stereocenters. The Morgan fingerprint density at radius 3 is 2.73 bits per heavy atom. The third-order valence-corrected chi connectivity index (χ3v) is 3.27. The lowest BCUT2D eigenvalue weighted by Gasteiger charge is -2.20. The van der Waals surface area contributed by atoms with Crippen LogP contribution in [0.4, 0.5) is 0 Å². The largest absolute Gasteiger partial charge is 0.394 e. The minimum absolute atomic E-state index is 0.0561.